The lowest BCUT2D eigenvalue weighted by Crippen LogP contribution is -2.45. The van der Waals surface area contributed by atoms with Crippen LogP contribution in [0.4, 0.5) is 4.39 Å². The maximum Gasteiger partial charge on any atom is 0.283 e. The molecule has 1 saturated heterocycles. The Morgan fingerprint density at radius 1 is 1.07 bits per heavy atom. The Hall–Kier alpha value is -2.71. The number of ether oxygens (including phenoxy) is 1. The van der Waals surface area contributed by atoms with Crippen molar-refractivity contribution < 1.29 is 18.0 Å². The molecule has 2 aromatic heterocycles. The summed E-state index contributed by atoms with van der Waals surface area (Å²) in [5.74, 6) is 1.50. The van der Waals surface area contributed by atoms with E-state index in [0.29, 0.717) is 24.1 Å². The van der Waals surface area contributed by atoms with Gasteiger partial charge in [-0.05, 0) is 29.8 Å². The molecule has 1 aromatic carbocycles. The zero-order chi connectivity index (χ0) is 18.6. The van der Waals surface area contributed by atoms with E-state index in [4.69, 9.17) is 13.6 Å². The molecule has 0 bridgehead atoms. The molecule has 142 valence electrons. The third-order valence-corrected chi connectivity index (χ3v) is 4.64. The van der Waals surface area contributed by atoms with Crippen molar-refractivity contribution in [2.24, 2.45) is 0 Å². The number of piperazine rings is 1. The summed E-state index contributed by atoms with van der Waals surface area (Å²) in [6, 6.07) is 8.70. The average Bonchev–Trinajstić information content (AvgIpc) is 3.35. The molecule has 1 aliphatic heterocycles. The fourth-order valence-corrected chi connectivity index (χ4v) is 3.18. The third-order valence-electron chi connectivity index (χ3n) is 4.64. The summed E-state index contributed by atoms with van der Waals surface area (Å²) in [6.07, 6.45) is 1.58. The van der Waals surface area contributed by atoms with Gasteiger partial charge < -0.3 is 13.6 Å². The second kappa shape index (κ2) is 7.89. The van der Waals surface area contributed by atoms with Gasteiger partial charge in [-0.25, -0.2) is 4.39 Å². The summed E-state index contributed by atoms with van der Waals surface area (Å²) < 4.78 is 29.7. The molecular weight excluding hydrogens is 351 g/mol. The highest BCUT2D eigenvalue weighted by atomic mass is 19.1. The third kappa shape index (κ3) is 4.17. The standard InChI is InChI=1S/C19H21FN4O3/c1-25-16-5-4-14(11-15(16)20)12-23-6-8-24(9-7-23)13-18-21-22-19(27-18)17-3-2-10-26-17/h2-5,10-11H,6-9,12-13H2,1H3. The van der Waals surface area contributed by atoms with Crippen molar-refractivity contribution in [3.8, 4) is 17.4 Å². The molecule has 0 amide bonds. The van der Waals surface area contributed by atoms with E-state index in [1.54, 1.807) is 30.5 Å². The lowest BCUT2D eigenvalue weighted by molar-refractivity contribution is 0.114. The van der Waals surface area contributed by atoms with Crippen LogP contribution in [-0.2, 0) is 13.1 Å². The molecule has 0 atom stereocenters. The Kier molecular flexibility index (Phi) is 5.17. The molecule has 0 unspecified atom stereocenters. The minimum Gasteiger partial charge on any atom is -0.494 e. The number of benzene rings is 1. The van der Waals surface area contributed by atoms with E-state index in [1.165, 1.54) is 7.11 Å². The van der Waals surface area contributed by atoms with Gasteiger partial charge in [0.25, 0.3) is 5.89 Å². The van der Waals surface area contributed by atoms with Crippen LogP contribution in [0, 0.1) is 5.82 Å². The van der Waals surface area contributed by atoms with Gasteiger partial charge in [0.15, 0.2) is 17.3 Å². The predicted molar refractivity (Wildman–Crippen MR) is 95.5 cm³/mol. The van der Waals surface area contributed by atoms with Crippen LogP contribution in [0.25, 0.3) is 11.7 Å². The maximum absolute atomic E-state index is 13.8. The zero-order valence-electron chi connectivity index (χ0n) is 15.1. The van der Waals surface area contributed by atoms with Gasteiger partial charge >= 0.3 is 0 Å². The molecule has 1 aliphatic rings. The minimum atomic E-state index is -0.322. The van der Waals surface area contributed by atoms with Crippen LogP contribution >= 0.6 is 0 Å². The fraction of sp³-hybridized carbons (Fsp3) is 0.368. The first-order chi connectivity index (χ1) is 13.2. The van der Waals surface area contributed by atoms with Crippen molar-refractivity contribution in [3.05, 3.63) is 53.9 Å². The number of rotatable bonds is 6. The first kappa shape index (κ1) is 17.7. The Balaban J connectivity index is 1.28. The summed E-state index contributed by atoms with van der Waals surface area (Å²) >= 11 is 0. The molecule has 0 spiro atoms. The molecule has 0 saturated carbocycles. The molecule has 0 aliphatic carbocycles. The number of hydrogen-bond acceptors (Lipinski definition) is 7. The van der Waals surface area contributed by atoms with Crippen molar-refractivity contribution in [3.63, 3.8) is 0 Å². The molecule has 0 N–H and O–H groups in total. The van der Waals surface area contributed by atoms with E-state index in [9.17, 15) is 4.39 Å². The Labute approximate surface area is 156 Å². The minimum absolute atomic E-state index is 0.275. The molecule has 4 rings (SSSR count). The van der Waals surface area contributed by atoms with Crippen molar-refractivity contribution >= 4 is 0 Å². The van der Waals surface area contributed by atoms with E-state index in [0.717, 1.165) is 38.3 Å². The Morgan fingerprint density at radius 3 is 2.52 bits per heavy atom. The largest absolute Gasteiger partial charge is 0.494 e. The van der Waals surface area contributed by atoms with Crippen molar-refractivity contribution in [1.82, 2.24) is 20.0 Å². The summed E-state index contributed by atoms with van der Waals surface area (Å²) in [5, 5.41) is 8.12. The molecule has 8 heteroatoms. The van der Waals surface area contributed by atoms with E-state index >= 15 is 0 Å². The van der Waals surface area contributed by atoms with Gasteiger partial charge in [-0.15, -0.1) is 10.2 Å². The Bertz CT molecular complexity index is 873. The smallest absolute Gasteiger partial charge is 0.283 e. The number of aromatic nitrogens is 2. The lowest BCUT2D eigenvalue weighted by Gasteiger charge is -2.33. The topological polar surface area (TPSA) is 67.8 Å². The molecular formula is C19H21FN4O3. The quantitative estimate of drug-likeness (QED) is 0.659. The lowest BCUT2D eigenvalue weighted by atomic mass is 10.2. The molecule has 7 nitrogen and oxygen atoms in total. The predicted octanol–water partition coefficient (Wildman–Crippen LogP) is 2.80. The second-order valence-electron chi connectivity index (χ2n) is 6.50. The van der Waals surface area contributed by atoms with Gasteiger partial charge in [-0.1, -0.05) is 6.07 Å². The van der Waals surface area contributed by atoms with E-state index < -0.39 is 0 Å². The van der Waals surface area contributed by atoms with Gasteiger partial charge in [0.2, 0.25) is 5.89 Å². The molecule has 0 radical (unpaired) electrons. The number of furan rings is 1. The van der Waals surface area contributed by atoms with E-state index in [2.05, 4.69) is 20.0 Å². The molecule has 3 heterocycles. The first-order valence-corrected chi connectivity index (χ1v) is 8.84. The van der Waals surface area contributed by atoms with Crippen LogP contribution in [-0.4, -0.2) is 53.3 Å². The molecule has 27 heavy (non-hydrogen) atoms. The number of nitrogens with zero attached hydrogens (tertiary/aromatic N) is 4. The highest BCUT2D eigenvalue weighted by molar-refractivity contribution is 5.42. The van der Waals surface area contributed by atoms with Crippen molar-refractivity contribution in [1.29, 1.82) is 0 Å². The van der Waals surface area contributed by atoms with Crippen LogP contribution in [0.1, 0.15) is 11.5 Å². The maximum atomic E-state index is 13.8. The summed E-state index contributed by atoms with van der Waals surface area (Å²) in [5.41, 5.74) is 0.946. The summed E-state index contributed by atoms with van der Waals surface area (Å²) in [4.78, 5) is 4.57. The zero-order valence-corrected chi connectivity index (χ0v) is 15.1. The van der Waals surface area contributed by atoms with Crippen molar-refractivity contribution in [2.75, 3.05) is 33.3 Å². The first-order valence-electron chi connectivity index (χ1n) is 8.84. The number of hydrogen-bond donors (Lipinski definition) is 0. The normalized spacial score (nSPS) is 15.9. The SMILES string of the molecule is COc1ccc(CN2CCN(Cc3nnc(-c4ccco4)o3)CC2)cc1F. The van der Waals surface area contributed by atoms with E-state index in [-0.39, 0.29) is 11.6 Å². The second-order valence-corrected chi connectivity index (χ2v) is 6.50. The van der Waals surface area contributed by atoms with E-state index in [1.807, 2.05) is 6.07 Å². The van der Waals surface area contributed by atoms with Gasteiger partial charge in [-0.3, -0.25) is 9.80 Å². The van der Waals surface area contributed by atoms with Crippen LogP contribution < -0.4 is 4.74 Å². The van der Waals surface area contributed by atoms with Gasteiger partial charge in [0.05, 0.1) is 19.9 Å². The monoisotopic (exact) mass is 372 g/mol. The highest BCUT2D eigenvalue weighted by Gasteiger charge is 2.20. The summed E-state index contributed by atoms with van der Waals surface area (Å²) in [6.45, 7) is 4.89. The molecule has 3 aromatic rings. The van der Waals surface area contributed by atoms with Gasteiger partial charge in [0.1, 0.15) is 0 Å². The van der Waals surface area contributed by atoms with Gasteiger partial charge in [0, 0.05) is 32.7 Å². The summed E-state index contributed by atoms with van der Waals surface area (Å²) in [7, 11) is 1.47. The van der Waals surface area contributed by atoms with Gasteiger partial charge in [-0.2, -0.15) is 0 Å². The van der Waals surface area contributed by atoms with Crippen LogP contribution in [0.2, 0.25) is 0 Å². The van der Waals surface area contributed by atoms with Crippen LogP contribution in [0.5, 0.6) is 5.75 Å². The average molecular weight is 372 g/mol. The number of halogens is 1. The fourth-order valence-electron chi connectivity index (χ4n) is 3.18. The highest BCUT2D eigenvalue weighted by Crippen LogP contribution is 2.20. The van der Waals surface area contributed by atoms with Crippen LogP contribution in [0.15, 0.2) is 45.4 Å². The van der Waals surface area contributed by atoms with Crippen LogP contribution in [0.3, 0.4) is 0 Å². The molecule has 1 fully saturated rings. The number of methoxy groups -OCH3 is 1. The van der Waals surface area contributed by atoms with Crippen molar-refractivity contribution in [2.45, 2.75) is 13.1 Å². The Morgan fingerprint density at radius 2 is 1.85 bits per heavy atom.